The van der Waals surface area contributed by atoms with Gasteiger partial charge in [-0.15, -0.1) is 0 Å². The van der Waals surface area contributed by atoms with Crippen LogP contribution in [0.1, 0.15) is 51.0 Å². The minimum atomic E-state index is -0.382. The van der Waals surface area contributed by atoms with Gasteiger partial charge in [0.05, 0.1) is 10.6 Å². The molecule has 0 radical (unpaired) electrons. The lowest BCUT2D eigenvalue weighted by molar-refractivity contribution is -0.0683. The summed E-state index contributed by atoms with van der Waals surface area (Å²) in [6.07, 6.45) is 7.28. The molecule has 1 aliphatic carbocycles. The van der Waals surface area contributed by atoms with Crippen molar-refractivity contribution in [2.24, 2.45) is 5.73 Å². The van der Waals surface area contributed by atoms with Crippen LogP contribution in [0.5, 0.6) is 0 Å². The minimum absolute atomic E-state index is 0.158. The highest BCUT2D eigenvalue weighted by Gasteiger charge is 2.38. The van der Waals surface area contributed by atoms with Gasteiger partial charge in [0.1, 0.15) is 5.82 Å². The fraction of sp³-hybridized carbons (Fsp3) is 0.647. The summed E-state index contributed by atoms with van der Waals surface area (Å²) in [6, 6.07) is 4.75. The van der Waals surface area contributed by atoms with Crippen LogP contribution in [0.25, 0.3) is 0 Å². The van der Waals surface area contributed by atoms with Gasteiger partial charge in [-0.2, -0.15) is 0 Å². The molecule has 0 amide bonds. The lowest BCUT2D eigenvalue weighted by Crippen LogP contribution is -2.51. The molecule has 0 saturated heterocycles. The molecule has 0 aromatic heterocycles. The highest BCUT2D eigenvalue weighted by atomic mass is 35.5. The highest BCUT2D eigenvalue weighted by Crippen LogP contribution is 2.35. The maximum absolute atomic E-state index is 13.6. The van der Waals surface area contributed by atoms with Crippen LogP contribution in [0.2, 0.25) is 5.02 Å². The van der Waals surface area contributed by atoms with E-state index in [1.54, 1.807) is 6.07 Å². The minimum Gasteiger partial charge on any atom is -0.374 e. The van der Waals surface area contributed by atoms with Crippen molar-refractivity contribution in [3.05, 3.63) is 34.6 Å². The fourth-order valence-corrected chi connectivity index (χ4v) is 3.57. The van der Waals surface area contributed by atoms with E-state index in [1.807, 2.05) is 13.0 Å². The number of hydrogen-bond donors (Lipinski definition) is 1. The molecular formula is C17H25ClFNO. The first kappa shape index (κ1) is 16.7. The number of nitrogens with two attached hydrogens (primary N) is 1. The molecule has 4 heteroatoms. The van der Waals surface area contributed by atoms with Crippen LogP contribution in [-0.2, 0) is 11.2 Å². The van der Waals surface area contributed by atoms with E-state index in [2.05, 4.69) is 0 Å². The first-order valence-corrected chi connectivity index (χ1v) is 8.29. The number of halogens is 2. The standard InChI is InChI=1S/C17H25ClFNO/c1-2-21-17(10-5-3-4-6-11-17)15(20)12-13-8-7-9-14(19)16(13)18/h7-9,15H,2-6,10-12,20H2,1H3. The van der Waals surface area contributed by atoms with Crippen LogP contribution >= 0.6 is 11.6 Å². The summed E-state index contributed by atoms with van der Waals surface area (Å²) in [5, 5.41) is 0.188. The summed E-state index contributed by atoms with van der Waals surface area (Å²) in [6.45, 7) is 2.67. The van der Waals surface area contributed by atoms with E-state index in [-0.39, 0.29) is 22.5 Å². The Balaban J connectivity index is 2.18. The van der Waals surface area contributed by atoms with Gasteiger partial charge in [0.2, 0.25) is 0 Å². The average molecular weight is 314 g/mol. The molecule has 1 saturated carbocycles. The van der Waals surface area contributed by atoms with Crippen LogP contribution < -0.4 is 5.73 Å². The summed E-state index contributed by atoms with van der Waals surface area (Å²) < 4.78 is 19.7. The second-order valence-electron chi connectivity index (χ2n) is 5.94. The van der Waals surface area contributed by atoms with Crippen LogP contribution in [0, 0.1) is 5.82 Å². The molecule has 1 atom stereocenters. The number of ether oxygens (including phenoxy) is 1. The zero-order chi connectivity index (χ0) is 15.3. The first-order chi connectivity index (χ1) is 10.1. The van der Waals surface area contributed by atoms with Crippen LogP contribution in [-0.4, -0.2) is 18.2 Å². The number of benzene rings is 1. The van der Waals surface area contributed by atoms with Crippen molar-refractivity contribution < 1.29 is 9.13 Å². The maximum atomic E-state index is 13.6. The zero-order valence-corrected chi connectivity index (χ0v) is 13.5. The van der Waals surface area contributed by atoms with Crippen molar-refractivity contribution in [3.63, 3.8) is 0 Å². The topological polar surface area (TPSA) is 35.2 Å². The molecule has 2 nitrogen and oxygen atoms in total. The van der Waals surface area contributed by atoms with Crippen LogP contribution in [0.3, 0.4) is 0 Å². The summed E-state index contributed by atoms with van der Waals surface area (Å²) in [4.78, 5) is 0. The Morgan fingerprint density at radius 1 is 1.29 bits per heavy atom. The lowest BCUT2D eigenvalue weighted by atomic mass is 9.83. The van der Waals surface area contributed by atoms with Gasteiger partial charge in [-0.05, 0) is 37.8 Å². The van der Waals surface area contributed by atoms with Gasteiger partial charge in [0, 0.05) is 12.6 Å². The predicted octanol–water partition coefficient (Wildman–Crippen LogP) is 4.48. The average Bonchev–Trinajstić information content (AvgIpc) is 2.71. The van der Waals surface area contributed by atoms with Crippen molar-refractivity contribution in [2.75, 3.05) is 6.61 Å². The van der Waals surface area contributed by atoms with Gasteiger partial charge in [-0.3, -0.25) is 0 Å². The monoisotopic (exact) mass is 313 g/mol. The van der Waals surface area contributed by atoms with E-state index >= 15 is 0 Å². The summed E-state index contributed by atoms with van der Waals surface area (Å²) in [5.74, 6) is -0.382. The fourth-order valence-electron chi connectivity index (χ4n) is 3.37. The van der Waals surface area contributed by atoms with Gasteiger partial charge in [0.15, 0.2) is 0 Å². The van der Waals surface area contributed by atoms with E-state index in [9.17, 15) is 4.39 Å². The smallest absolute Gasteiger partial charge is 0.142 e. The number of rotatable bonds is 5. The molecule has 118 valence electrons. The molecule has 1 unspecified atom stereocenters. The molecule has 0 aliphatic heterocycles. The lowest BCUT2D eigenvalue weighted by Gasteiger charge is -2.38. The molecule has 2 N–H and O–H groups in total. The SMILES string of the molecule is CCOC1(C(N)Cc2cccc(F)c2Cl)CCCCCC1. The second-order valence-corrected chi connectivity index (χ2v) is 6.31. The molecule has 21 heavy (non-hydrogen) atoms. The first-order valence-electron chi connectivity index (χ1n) is 7.91. The van der Waals surface area contributed by atoms with Crippen molar-refractivity contribution in [2.45, 2.75) is 63.5 Å². The van der Waals surface area contributed by atoms with Gasteiger partial charge in [0.25, 0.3) is 0 Å². The van der Waals surface area contributed by atoms with Crippen LogP contribution in [0.4, 0.5) is 4.39 Å². The van der Waals surface area contributed by atoms with Crippen molar-refractivity contribution >= 4 is 11.6 Å². The molecule has 1 fully saturated rings. The normalized spacial score (nSPS) is 20.0. The molecule has 0 spiro atoms. The largest absolute Gasteiger partial charge is 0.374 e. The maximum Gasteiger partial charge on any atom is 0.142 e. The third-order valence-electron chi connectivity index (χ3n) is 4.53. The van der Waals surface area contributed by atoms with E-state index in [1.165, 1.54) is 18.9 Å². The Bertz CT molecular complexity index is 458. The van der Waals surface area contributed by atoms with Gasteiger partial charge >= 0.3 is 0 Å². The summed E-state index contributed by atoms with van der Waals surface area (Å²) in [5.41, 5.74) is 6.96. The molecular weight excluding hydrogens is 289 g/mol. The van der Waals surface area contributed by atoms with Gasteiger partial charge in [-0.1, -0.05) is 49.4 Å². The Hall–Kier alpha value is -0.640. The Kier molecular flexibility index (Phi) is 6.03. The third kappa shape index (κ3) is 3.97. The molecule has 1 aliphatic rings. The Labute approximate surface area is 131 Å². The van der Waals surface area contributed by atoms with E-state index < -0.39 is 0 Å². The zero-order valence-electron chi connectivity index (χ0n) is 12.7. The third-order valence-corrected chi connectivity index (χ3v) is 4.95. The van der Waals surface area contributed by atoms with Gasteiger partial charge < -0.3 is 10.5 Å². The quantitative estimate of drug-likeness (QED) is 0.813. The van der Waals surface area contributed by atoms with Crippen molar-refractivity contribution in [1.29, 1.82) is 0 Å². The molecule has 1 aromatic carbocycles. The van der Waals surface area contributed by atoms with Crippen molar-refractivity contribution in [3.8, 4) is 0 Å². The van der Waals surface area contributed by atoms with E-state index in [0.29, 0.717) is 13.0 Å². The summed E-state index contributed by atoms with van der Waals surface area (Å²) in [7, 11) is 0. The van der Waals surface area contributed by atoms with Gasteiger partial charge in [-0.25, -0.2) is 4.39 Å². The van der Waals surface area contributed by atoms with Crippen LogP contribution in [0.15, 0.2) is 18.2 Å². The molecule has 2 rings (SSSR count). The van der Waals surface area contributed by atoms with Crippen molar-refractivity contribution in [1.82, 2.24) is 0 Å². The second kappa shape index (κ2) is 7.57. The highest BCUT2D eigenvalue weighted by molar-refractivity contribution is 6.31. The molecule has 0 bridgehead atoms. The molecule has 0 heterocycles. The summed E-state index contributed by atoms with van der Waals surface area (Å²) >= 11 is 6.06. The number of hydrogen-bond acceptors (Lipinski definition) is 2. The molecule has 1 aromatic rings. The Morgan fingerprint density at radius 3 is 2.57 bits per heavy atom. The van der Waals surface area contributed by atoms with E-state index in [0.717, 1.165) is 31.2 Å². The Morgan fingerprint density at radius 2 is 1.95 bits per heavy atom. The predicted molar refractivity (Wildman–Crippen MR) is 85.1 cm³/mol. The van der Waals surface area contributed by atoms with E-state index in [4.69, 9.17) is 22.1 Å².